The lowest BCUT2D eigenvalue weighted by Gasteiger charge is -2.23. The van der Waals surface area contributed by atoms with E-state index in [2.05, 4.69) is 10.6 Å². The molecule has 2 amide bonds. The van der Waals surface area contributed by atoms with Gasteiger partial charge in [0, 0.05) is 0 Å². The Balaban J connectivity index is 2.41. The lowest BCUT2D eigenvalue weighted by atomic mass is 9.98. The summed E-state index contributed by atoms with van der Waals surface area (Å²) in [5, 5.41) is 13.6. The first-order chi connectivity index (χ1) is 12.1. The highest BCUT2D eigenvalue weighted by molar-refractivity contribution is 5.89. The van der Waals surface area contributed by atoms with Gasteiger partial charge in [0.2, 0.25) is 5.91 Å². The lowest BCUT2D eigenvalue weighted by molar-refractivity contribution is -0.155. The van der Waals surface area contributed by atoms with E-state index in [4.69, 9.17) is 9.47 Å². The Labute approximate surface area is 152 Å². The van der Waals surface area contributed by atoms with Gasteiger partial charge in [0.25, 0.3) is 0 Å². The van der Waals surface area contributed by atoms with Crippen molar-refractivity contribution >= 4 is 23.9 Å². The molecule has 0 aliphatic heterocycles. The van der Waals surface area contributed by atoms with E-state index in [9.17, 15) is 24.3 Å². The molecule has 0 heterocycles. The van der Waals surface area contributed by atoms with Crippen LogP contribution in [0.25, 0.3) is 0 Å². The third-order valence-electron chi connectivity index (χ3n) is 3.65. The summed E-state index contributed by atoms with van der Waals surface area (Å²) in [6.45, 7) is 4.55. The Morgan fingerprint density at radius 2 is 1.73 bits per heavy atom. The molecule has 0 aromatic rings. The molecule has 1 saturated carbocycles. The fourth-order valence-corrected chi connectivity index (χ4v) is 2.50. The summed E-state index contributed by atoms with van der Waals surface area (Å²) in [6.07, 6.45) is 3.16. The van der Waals surface area contributed by atoms with E-state index in [1.54, 1.807) is 20.8 Å². The van der Waals surface area contributed by atoms with Gasteiger partial charge in [-0.2, -0.15) is 0 Å². The minimum absolute atomic E-state index is 0.185. The summed E-state index contributed by atoms with van der Waals surface area (Å²) in [5.41, 5.74) is -0.715. The predicted molar refractivity (Wildman–Crippen MR) is 91.4 cm³/mol. The van der Waals surface area contributed by atoms with Crippen LogP contribution in [0.3, 0.4) is 0 Å². The molecular weight excluding hydrogens is 344 g/mol. The number of carbonyl (C=O) groups excluding carboxylic acids is 3. The van der Waals surface area contributed by atoms with Gasteiger partial charge in [-0.25, -0.2) is 9.59 Å². The van der Waals surface area contributed by atoms with Gasteiger partial charge in [0.1, 0.15) is 24.3 Å². The summed E-state index contributed by atoms with van der Waals surface area (Å²) in [7, 11) is 0. The van der Waals surface area contributed by atoms with Crippen molar-refractivity contribution in [3.8, 4) is 0 Å². The Morgan fingerprint density at radius 3 is 2.27 bits per heavy atom. The second kappa shape index (κ2) is 9.98. The Morgan fingerprint density at radius 1 is 1.12 bits per heavy atom. The van der Waals surface area contributed by atoms with Crippen LogP contribution in [0, 0.1) is 0 Å². The molecule has 0 saturated heterocycles. The molecule has 0 aromatic heterocycles. The Hall–Kier alpha value is -2.32. The monoisotopic (exact) mass is 372 g/mol. The van der Waals surface area contributed by atoms with E-state index in [0.717, 1.165) is 32.1 Å². The van der Waals surface area contributed by atoms with Crippen molar-refractivity contribution in [3.05, 3.63) is 0 Å². The van der Waals surface area contributed by atoms with Crippen LogP contribution in [0.1, 0.15) is 59.3 Å². The van der Waals surface area contributed by atoms with Gasteiger partial charge in [0.05, 0.1) is 6.42 Å². The molecule has 26 heavy (non-hydrogen) atoms. The van der Waals surface area contributed by atoms with Gasteiger partial charge in [-0.1, -0.05) is 6.42 Å². The third-order valence-corrected chi connectivity index (χ3v) is 3.65. The molecule has 1 aliphatic carbocycles. The fraction of sp³-hybridized carbons (Fsp3) is 0.765. The quantitative estimate of drug-likeness (QED) is 0.575. The van der Waals surface area contributed by atoms with Crippen molar-refractivity contribution in [1.82, 2.24) is 10.6 Å². The number of hydrogen-bond acceptors (Lipinski definition) is 6. The molecule has 0 spiro atoms. The van der Waals surface area contributed by atoms with Crippen LogP contribution in [-0.4, -0.2) is 53.3 Å². The van der Waals surface area contributed by atoms with Gasteiger partial charge in [-0.05, 0) is 46.5 Å². The maximum Gasteiger partial charge on any atom is 0.408 e. The largest absolute Gasteiger partial charge is 0.480 e. The number of carboxylic acids is 1. The molecule has 0 unspecified atom stereocenters. The minimum atomic E-state index is -1.42. The van der Waals surface area contributed by atoms with E-state index in [1.165, 1.54) is 0 Å². The first-order valence-corrected chi connectivity index (χ1v) is 8.75. The summed E-state index contributed by atoms with van der Waals surface area (Å²) < 4.78 is 10.2. The van der Waals surface area contributed by atoms with Gasteiger partial charge >= 0.3 is 18.0 Å². The maximum absolute atomic E-state index is 11.9. The molecule has 1 atom stereocenters. The molecule has 1 rings (SSSR count). The molecule has 1 fully saturated rings. The van der Waals surface area contributed by atoms with E-state index in [0.29, 0.717) is 0 Å². The Kier molecular flexibility index (Phi) is 8.34. The van der Waals surface area contributed by atoms with Crippen LogP contribution in [0.5, 0.6) is 0 Å². The van der Waals surface area contributed by atoms with E-state index >= 15 is 0 Å². The molecule has 0 aromatic carbocycles. The second-order valence-electron chi connectivity index (χ2n) is 7.27. The maximum atomic E-state index is 11.9. The van der Waals surface area contributed by atoms with Crippen molar-refractivity contribution in [3.63, 3.8) is 0 Å². The van der Waals surface area contributed by atoms with Gasteiger partial charge in [-0.3, -0.25) is 9.59 Å². The highest BCUT2D eigenvalue weighted by atomic mass is 16.6. The minimum Gasteiger partial charge on any atom is -0.480 e. The van der Waals surface area contributed by atoms with Crippen LogP contribution in [0.4, 0.5) is 4.79 Å². The highest BCUT2D eigenvalue weighted by Crippen LogP contribution is 2.20. The molecular formula is C17H28N2O7. The normalized spacial score (nSPS) is 16.3. The van der Waals surface area contributed by atoms with Gasteiger partial charge in [0.15, 0.2) is 0 Å². The van der Waals surface area contributed by atoms with Crippen molar-refractivity contribution in [2.75, 3.05) is 6.54 Å². The van der Waals surface area contributed by atoms with E-state index < -0.39 is 48.5 Å². The summed E-state index contributed by atoms with van der Waals surface area (Å²) in [6, 6.07) is -1.42. The SMILES string of the molecule is CC(C)(C)OC(=O)NCC(=O)N[C@@H](CC(=O)OC1CCCCC1)C(=O)O. The zero-order valence-electron chi connectivity index (χ0n) is 15.5. The second-order valence-corrected chi connectivity index (χ2v) is 7.27. The van der Waals surface area contributed by atoms with Crippen LogP contribution < -0.4 is 10.6 Å². The Bertz CT molecular complexity index is 522. The molecule has 9 nitrogen and oxygen atoms in total. The van der Waals surface area contributed by atoms with Crippen LogP contribution >= 0.6 is 0 Å². The first-order valence-electron chi connectivity index (χ1n) is 8.75. The van der Waals surface area contributed by atoms with Crippen molar-refractivity contribution < 1.29 is 33.8 Å². The predicted octanol–water partition coefficient (Wildman–Crippen LogP) is 1.35. The van der Waals surface area contributed by atoms with Crippen LogP contribution in [0.15, 0.2) is 0 Å². The van der Waals surface area contributed by atoms with Crippen molar-refractivity contribution in [2.24, 2.45) is 0 Å². The molecule has 148 valence electrons. The molecule has 0 radical (unpaired) electrons. The zero-order chi connectivity index (χ0) is 19.7. The standard InChI is InChI=1S/C17H28N2O7/c1-17(2,3)26-16(24)18-10-13(20)19-12(15(22)23)9-14(21)25-11-7-5-4-6-8-11/h11-12H,4-10H2,1-3H3,(H,18,24)(H,19,20)(H,22,23)/t12-/m0/s1. The molecule has 0 bridgehead atoms. The van der Waals surface area contributed by atoms with E-state index in [1.807, 2.05) is 0 Å². The van der Waals surface area contributed by atoms with Gasteiger partial charge < -0.3 is 25.2 Å². The van der Waals surface area contributed by atoms with E-state index in [-0.39, 0.29) is 6.10 Å². The fourth-order valence-electron chi connectivity index (χ4n) is 2.50. The number of rotatable bonds is 7. The smallest absolute Gasteiger partial charge is 0.408 e. The molecule has 3 N–H and O–H groups in total. The lowest BCUT2D eigenvalue weighted by Crippen LogP contribution is -2.47. The zero-order valence-corrected chi connectivity index (χ0v) is 15.5. The first kappa shape index (κ1) is 21.7. The number of nitrogens with one attached hydrogen (secondary N) is 2. The van der Waals surface area contributed by atoms with Crippen LogP contribution in [-0.2, 0) is 23.9 Å². The number of aliphatic carboxylic acids is 1. The number of carboxylic acid groups (broad SMARTS) is 1. The number of hydrogen-bond donors (Lipinski definition) is 3. The van der Waals surface area contributed by atoms with Crippen molar-refractivity contribution in [1.29, 1.82) is 0 Å². The van der Waals surface area contributed by atoms with Crippen molar-refractivity contribution in [2.45, 2.75) is 77.0 Å². The average Bonchev–Trinajstić information content (AvgIpc) is 2.51. The third kappa shape index (κ3) is 9.24. The number of amides is 2. The highest BCUT2D eigenvalue weighted by Gasteiger charge is 2.26. The number of esters is 1. The summed E-state index contributed by atoms with van der Waals surface area (Å²) in [5.74, 6) is -2.75. The topological polar surface area (TPSA) is 131 Å². The summed E-state index contributed by atoms with van der Waals surface area (Å²) >= 11 is 0. The van der Waals surface area contributed by atoms with Crippen LogP contribution in [0.2, 0.25) is 0 Å². The molecule has 1 aliphatic rings. The number of ether oxygens (including phenoxy) is 2. The number of carbonyl (C=O) groups is 4. The summed E-state index contributed by atoms with van der Waals surface area (Å²) in [4.78, 5) is 46.4. The average molecular weight is 372 g/mol. The van der Waals surface area contributed by atoms with Gasteiger partial charge in [-0.15, -0.1) is 0 Å². The molecule has 9 heteroatoms. The number of alkyl carbamates (subject to hydrolysis) is 1.